The van der Waals surface area contributed by atoms with Gasteiger partial charge in [-0.25, -0.2) is 0 Å². The number of thiocarbonyl (C=S) groups is 1. The highest BCUT2D eigenvalue weighted by molar-refractivity contribution is 8.26. The van der Waals surface area contributed by atoms with Crippen LogP contribution in [0.4, 0.5) is 11.4 Å². The van der Waals surface area contributed by atoms with Crippen LogP contribution in [0.1, 0.15) is 18.4 Å². The van der Waals surface area contributed by atoms with Crippen molar-refractivity contribution in [3.05, 3.63) is 38.8 Å². The first-order chi connectivity index (χ1) is 10.5. The topological polar surface area (TPSA) is 75.5 Å². The molecule has 2 aliphatic rings. The maximum Gasteiger partial charge on any atom is 0.270 e. The molecule has 0 aliphatic carbocycles. The largest absolute Gasteiger partial charge is 0.371 e. The van der Waals surface area contributed by atoms with E-state index in [0.29, 0.717) is 14.8 Å². The predicted molar refractivity (Wildman–Crippen MR) is 90.9 cm³/mol. The third kappa shape index (κ3) is 2.97. The molecule has 22 heavy (non-hydrogen) atoms. The molecule has 0 aromatic heterocycles. The van der Waals surface area contributed by atoms with E-state index in [9.17, 15) is 14.9 Å². The lowest BCUT2D eigenvalue weighted by atomic mass is 10.1. The fourth-order valence-corrected chi connectivity index (χ4v) is 3.61. The second-order valence-corrected chi connectivity index (χ2v) is 6.77. The van der Waals surface area contributed by atoms with Crippen LogP contribution in [0.3, 0.4) is 0 Å². The van der Waals surface area contributed by atoms with Crippen LogP contribution in [0.2, 0.25) is 0 Å². The number of anilines is 1. The molecule has 1 aromatic rings. The first-order valence-corrected chi connectivity index (χ1v) is 8.05. The lowest BCUT2D eigenvalue weighted by Gasteiger charge is -2.20. The molecule has 0 bridgehead atoms. The second kappa shape index (κ2) is 6.05. The summed E-state index contributed by atoms with van der Waals surface area (Å²) in [6, 6.07) is 4.77. The maximum atomic E-state index is 11.8. The Hall–Kier alpha value is -1.93. The fourth-order valence-electron chi connectivity index (χ4n) is 2.58. The highest BCUT2D eigenvalue weighted by Gasteiger charge is 2.24. The number of non-ortho nitro benzene ring substituents is 1. The monoisotopic (exact) mass is 335 g/mol. The minimum atomic E-state index is -0.428. The van der Waals surface area contributed by atoms with Gasteiger partial charge in [0, 0.05) is 36.5 Å². The van der Waals surface area contributed by atoms with E-state index in [1.54, 1.807) is 12.1 Å². The number of nitrogens with one attached hydrogen (secondary N) is 1. The van der Waals surface area contributed by atoms with Crippen LogP contribution >= 0.6 is 24.0 Å². The fraction of sp³-hybridized carbons (Fsp3) is 0.286. The number of hydrogen-bond donors (Lipinski definition) is 1. The van der Waals surface area contributed by atoms with Crippen LogP contribution in [0.15, 0.2) is 23.1 Å². The van der Waals surface area contributed by atoms with Crippen molar-refractivity contribution < 1.29 is 9.72 Å². The van der Waals surface area contributed by atoms with E-state index in [-0.39, 0.29) is 11.6 Å². The van der Waals surface area contributed by atoms with Gasteiger partial charge < -0.3 is 10.2 Å². The van der Waals surface area contributed by atoms with Gasteiger partial charge in [0.2, 0.25) is 0 Å². The van der Waals surface area contributed by atoms with Crippen molar-refractivity contribution in [2.45, 2.75) is 12.8 Å². The highest BCUT2D eigenvalue weighted by atomic mass is 32.2. The first kappa shape index (κ1) is 15.0. The van der Waals surface area contributed by atoms with Crippen LogP contribution in [-0.4, -0.2) is 28.2 Å². The number of benzene rings is 1. The van der Waals surface area contributed by atoms with E-state index in [1.807, 2.05) is 0 Å². The lowest BCUT2D eigenvalue weighted by Crippen LogP contribution is -2.19. The molecular weight excluding hydrogens is 322 g/mol. The van der Waals surface area contributed by atoms with E-state index < -0.39 is 4.92 Å². The molecule has 8 heteroatoms. The van der Waals surface area contributed by atoms with Crippen molar-refractivity contribution in [1.29, 1.82) is 0 Å². The van der Waals surface area contributed by atoms with E-state index in [4.69, 9.17) is 12.2 Å². The number of nitro benzene ring substituents is 1. The van der Waals surface area contributed by atoms with Crippen molar-refractivity contribution in [1.82, 2.24) is 5.32 Å². The van der Waals surface area contributed by atoms with E-state index in [2.05, 4.69) is 10.2 Å². The number of rotatable bonds is 3. The van der Waals surface area contributed by atoms with Gasteiger partial charge in [-0.2, -0.15) is 0 Å². The van der Waals surface area contributed by atoms with Gasteiger partial charge in [0.25, 0.3) is 11.6 Å². The molecule has 2 saturated heterocycles. The molecule has 1 amide bonds. The summed E-state index contributed by atoms with van der Waals surface area (Å²) >= 11 is 6.15. The maximum absolute atomic E-state index is 11.8. The summed E-state index contributed by atoms with van der Waals surface area (Å²) in [6.07, 6.45) is 3.89. The van der Waals surface area contributed by atoms with Gasteiger partial charge in [0.05, 0.1) is 9.83 Å². The number of hydrogen-bond acceptors (Lipinski definition) is 6. The smallest absolute Gasteiger partial charge is 0.270 e. The second-order valence-electron chi connectivity index (χ2n) is 5.05. The lowest BCUT2D eigenvalue weighted by molar-refractivity contribution is -0.384. The number of nitro groups is 1. The molecule has 0 atom stereocenters. The molecule has 0 unspecified atom stereocenters. The minimum absolute atomic E-state index is 0.0146. The normalized spacial score (nSPS) is 19.8. The Morgan fingerprint density at radius 3 is 2.68 bits per heavy atom. The van der Waals surface area contributed by atoms with E-state index >= 15 is 0 Å². The minimum Gasteiger partial charge on any atom is -0.371 e. The molecular formula is C14H13N3O3S2. The summed E-state index contributed by atoms with van der Waals surface area (Å²) in [5, 5.41) is 13.6. The number of thioether (sulfide) groups is 1. The third-order valence-corrected chi connectivity index (χ3v) is 4.76. The summed E-state index contributed by atoms with van der Waals surface area (Å²) in [5.41, 5.74) is 1.61. The Morgan fingerprint density at radius 2 is 2.09 bits per heavy atom. The quantitative estimate of drug-likeness (QED) is 0.396. The Kier molecular flexibility index (Phi) is 4.12. The van der Waals surface area contributed by atoms with Gasteiger partial charge in [-0.1, -0.05) is 24.0 Å². The third-order valence-electron chi connectivity index (χ3n) is 3.60. The zero-order valence-electron chi connectivity index (χ0n) is 11.6. The molecule has 1 aromatic carbocycles. The Balaban J connectivity index is 2.04. The average Bonchev–Trinajstić information content (AvgIpc) is 3.09. The van der Waals surface area contributed by atoms with Gasteiger partial charge >= 0.3 is 0 Å². The van der Waals surface area contributed by atoms with Crippen molar-refractivity contribution in [3.8, 4) is 0 Å². The van der Waals surface area contributed by atoms with Crippen LogP contribution < -0.4 is 10.2 Å². The number of amides is 1. The molecule has 2 heterocycles. The molecule has 3 rings (SSSR count). The number of carbonyl (C=O) groups excluding carboxylic acids is 1. The average molecular weight is 335 g/mol. The first-order valence-electron chi connectivity index (χ1n) is 6.83. The summed E-state index contributed by atoms with van der Waals surface area (Å²) in [7, 11) is 0. The van der Waals surface area contributed by atoms with Crippen molar-refractivity contribution in [2.75, 3.05) is 18.0 Å². The molecule has 2 aliphatic heterocycles. The van der Waals surface area contributed by atoms with Crippen LogP contribution in [0.25, 0.3) is 6.08 Å². The van der Waals surface area contributed by atoms with E-state index in [0.717, 1.165) is 31.6 Å². The molecule has 6 nitrogen and oxygen atoms in total. The van der Waals surface area contributed by atoms with Gasteiger partial charge in [-0.05, 0) is 25.0 Å². The summed E-state index contributed by atoms with van der Waals surface area (Å²) in [5.74, 6) is -0.256. The summed E-state index contributed by atoms with van der Waals surface area (Å²) in [4.78, 5) is 25.0. The SMILES string of the molecule is O=C1NC(=S)SC1=Cc1cc([N+](=O)[O-])ccc1N1CCCC1. The predicted octanol–water partition coefficient (Wildman–Crippen LogP) is 2.68. The van der Waals surface area contributed by atoms with Crippen LogP contribution in [0, 0.1) is 10.1 Å². The molecule has 114 valence electrons. The highest BCUT2D eigenvalue weighted by Crippen LogP contribution is 2.33. The summed E-state index contributed by atoms with van der Waals surface area (Å²) < 4.78 is 0.407. The van der Waals surface area contributed by atoms with Crippen molar-refractivity contribution >= 4 is 51.7 Å². The van der Waals surface area contributed by atoms with Crippen LogP contribution in [-0.2, 0) is 4.79 Å². The molecule has 0 radical (unpaired) electrons. The van der Waals surface area contributed by atoms with Gasteiger partial charge in [0.1, 0.15) is 4.32 Å². The van der Waals surface area contributed by atoms with Crippen LogP contribution in [0.5, 0.6) is 0 Å². The molecule has 2 fully saturated rings. The molecule has 0 saturated carbocycles. The van der Waals surface area contributed by atoms with Crippen molar-refractivity contribution in [3.63, 3.8) is 0 Å². The zero-order chi connectivity index (χ0) is 15.7. The van der Waals surface area contributed by atoms with Gasteiger partial charge in [-0.15, -0.1) is 0 Å². The number of nitrogens with zero attached hydrogens (tertiary/aromatic N) is 2. The van der Waals surface area contributed by atoms with Gasteiger partial charge in [0.15, 0.2) is 0 Å². The Bertz CT molecular complexity index is 697. The Morgan fingerprint density at radius 1 is 1.36 bits per heavy atom. The zero-order valence-corrected chi connectivity index (χ0v) is 13.2. The van der Waals surface area contributed by atoms with Crippen molar-refractivity contribution in [2.24, 2.45) is 0 Å². The molecule has 1 N–H and O–H groups in total. The van der Waals surface area contributed by atoms with E-state index in [1.165, 1.54) is 23.9 Å². The Labute approximate surface area is 136 Å². The standard InChI is InChI=1S/C14H13N3O3S2/c18-13-12(22-14(21)15-13)8-9-7-10(17(19)20)3-4-11(9)16-5-1-2-6-16/h3-4,7-8H,1-2,5-6H2,(H,15,18,21). The van der Waals surface area contributed by atoms with Gasteiger partial charge in [-0.3, -0.25) is 14.9 Å². The summed E-state index contributed by atoms with van der Waals surface area (Å²) in [6.45, 7) is 1.84. The molecule has 0 spiro atoms. The number of carbonyl (C=O) groups is 1.